The number of carbonyl (C=O) groups excluding carboxylic acids is 1. The number of hydrogen-bond donors (Lipinski definition) is 1. The first-order valence-electron chi connectivity index (χ1n) is 4.53. The van der Waals surface area contributed by atoms with Crippen molar-refractivity contribution in [1.82, 2.24) is 5.32 Å². The number of rotatable bonds is 6. The predicted octanol–water partition coefficient (Wildman–Crippen LogP) is 1.19. The molecule has 0 aliphatic rings. The third-order valence-electron chi connectivity index (χ3n) is 1.33. The molecule has 0 unspecified atom stereocenters. The van der Waals surface area contributed by atoms with Crippen molar-refractivity contribution in [2.45, 2.75) is 27.2 Å². The molecule has 72 valence electrons. The summed E-state index contributed by atoms with van der Waals surface area (Å²) in [5, 5.41) is 3.07. The Kier molecular flexibility index (Phi) is 6.76. The van der Waals surface area contributed by atoms with Gasteiger partial charge in [-0.1, -0.05) is 20.8 Å². The van der Waals surface area contributed by atoms with Gasteiger partial charge in [-0.3, -0.25) is 4.79 Å². The van der Waals surface area contributed by atoms with Crippen LogP contribution in [0.25, 0.3) is 0 Å². The molecule has 0 heterocycles. The van der Waals surface area contributed by atoms with Crippen molar-refractivity contribution in [1.29, 1.82) is 0 Å². The van der Waals surface area contributed by atoms with Crippen LogP contribution < -0.4 is 5.32 Å². The van der Waals surface area contributed by atoms with Crippen molar-refractivity contribution in [3.8, 4) is 0 Å². The van der Waals surface area contributed by atoms with E-state index in [0.717, 1.165) is 6.54 Å². The van der Waals surface area contributed by atoms with Crippen LogP contribution in [0.1, 0.15) is 27.2 Å². The maximum Gasteiger partial charge on any atom is 0.307 e. The SMILES string of the molecule is CCNCCC(=O)OCC(C)C. The smallest absolute Gasteiger partial charge is 0.307 e. The lowest BCUT2D eigenvalue weighted by Gasteiger charge is -2.06. The van der Waals surface area contributed by atoms with Gasteiger partial charge in [-0.05, 0) is 12.5 Å². The fourth-order valence-electron chi connectivity index (χ4n) is 0.699. The summed E-state index contributed by atoms with van der Waals surface area (Å²) < 4.78 is 4.97. The molecule has 0 aromatic carbocycles. The summed E-state index contributed by atoms with van der Waals surface area (Å²) in [6, 6.07) is 0. The monoisotopic (exact) mass is 173 g/mol. The summed E-state index contributed by atoms with van der Waals surface area (Å²) in [5.41, 5.74) is 0. The van der Waals surface area contributed by atoms with Gasteiger partial charge in [-0.2, -0.15) is 0 Å². The standard InChI is InChI=1S/C9H19NO2/c1-4-10-6-5-9(11)12-7-8(2)3/h8,10H,4-7H2,1-3H3. The van der Waals surface area contributed by atoms with E-state index in [9.17, 15) is 4.79 Å². The highest BCUT2D eigenvalue weighted by Gasteiger charge is 2.02. The van der Waals surface area contributed by atoms with Crippen molar-refractivity contribution in [3.63, 3.8) is 0 Å². The van der Waals surface area contributed by atoms with Crippen LogP contribution in [0.4, 0.5) is 0 Å². The normalized spacial score (nSPS) is 10.3. The number of nitrogens with one attached hydrogen (secondary N) is 1. The van der Waals surface area contributed by atoms with Gasteiger partial charge in [0.25, 0.3) is 0 Å². The molecule has 0 saturated carbocycles. The second kappa shape index (κ2) is 7.10. The van der Waals surface area contributed by atoms with Gasteiger partial charge in [0, 0.05) is 6.54 Å². The topological polar surface area (TPSA) is 38.3 Å². The molecule has 0 fully saturated rings. The maximum atomic E-state index is 11.0. The third-order valence-corrected chi connectivity index (χ3v) is 1.33. The van der Waals surface area contributed by atoms with Crippen LogP contribution in [0.15, 0.2) is 0 Å². The minimum atomic E-state index is -0.107. The Morgan fingerprint density at radius 3 is 2.67 bits per heavy atom. The van der Waals surface area contributed by atoms with Crippen LogP contribution >= 0.6 is 0 Å². The van der Waals surface area contributed by atoms with E-state index in [2.05, 4.69) is 5.32 Å². The molecule has 1 N–H and O–H groups in total. The summed E-state index contributed by atoms with van der Waals surface area (Å²) in [7, 11) is 0. The van der Waals surface area contributed by atoms with Crippen LogP contribution in [-0.4, -0.2) is 25.7 Å². The largest absolute Gasteiger partial charge is 0.465 e. The number of hydrogen-bond acceptors (Lipinski definition) is 3. The van der Waals surface area contributed by atoms with Crippen LogP contribution in [0.3, 0.4) is 0 Å². The van der Waals surface area contributed by atoms with E-state index in [-0.39, 0.29) is 5.97 Å². The molecule has 12 heavy (non-hydrogen) atoms. The first-order valence-corrected chi connectivity index (χ1v) is 4.53. The number of ether oxygens (including phenoxy) is 1. The number of carbonyl (C=O) groups is 1. The molecule has 0 radical (unpaired) electrons. The Labute approximate surface area is 74.5 Å². The van der Waals surface area contributed by atoms with Gasteiger partial charge in [0.05, 0.1) is 13.0 Å². The minimum Gasteiger partial charge on any atom is -0.465 e. The van der Waals surface area contributed by atoms with Gasteiger partial charge in [0.1, 0.15) is 0 Å². The molecule has 0 bridgehead atoms. The van der Waals surface area contributed by atoms with E-state index in [1.54, 1.807) is 0 Å². The molecule has 3 heteroatoms. The summed E-state index contributed by atoms with van der Waals surface area (Å²) in [5.74, 6) is 0.317. The Bertz CT molecular complexity index is 124. The highest BCUT2D eigenvalue weighted by Crippen LogP contribution is 1.94. The van der Waals surface area contributed by atoms with Gasteiger partial charge in [-0.15, -0.1) is 0 Å². The van der Waals surface area contributed by atoms with E-state index in [4.69, 9.17) is 4.74 Å². The molecule has 3 nitrogen and oxygen atoms in total. The van der Waals surface area contributed by atoms with Crippen molar-refractivity contribution < 1.29 is 9.53 Å². The summed E-state index contributed by atoms with van der Waals surface area (Å²) in [6.45, 7) is 8.21. The fourth-order valence-corrected chi connectivity index (χ4v) is 0.699. The van der Waals surface area contributed by atoms with Crippen molar-refractivity contribution >= 4 is 5.97 Å². The van der Waals surface area contributed by atoms with Gasteiger partial charge in [0.2, 0.25) is 0 Å². The highest BCUT2D eigenvalue weighted by atomic mass is 16.5. The fraction of sp³-hybridized carbons (Fsp3) is 0.889. The van der Waals surface area contributed by atoms with E-state index >= 15 is 0 Å². The van der Waals surface area contributed by atoms with Gasteiger partial charge < -0.3 is 10.1 Å². The quantitative estimate of drug-likeness (QED) is 0.484. The molecule has 0 aromatic heterocycles. The molecule has 0 saturated heterocycles. The highest BCUT2D eigenvalue weighted by molar-refractivity contribution is 5.69. The maximum absolute atomic E-state index is 11.0. The lowest BCUT2D eigenvalue weighted by atomic mass is 10.2. The first-order chi connectivity index (χ1) is 5.66. The third kappa shape index (κ3) is 7.54. The van der Waals surface area contributed by atoms with Crippen molar-refractivity contribution in [2.24, 2.45) is 5.92 Å². The zero-order valence-electron chi connectivity index (χ0n) is 8.22. The lowest BCUT2D eigenvalue weighted by Crippen LogP contribution is -2.19. The summed E-state index contributed by atoms with van der Waals surface area (Å²) in [4.78, 5) is 11.0. The molecular formula is C9H19NO2. The number of esters is 1. The molecule has 0 atom stereocenters. The zero-order chi connectivity index (χ0) is 9.40. The second-order valence-electron chi connectivity index (χ2n) is 3.18. The molecule has 0 spiro atoms. The molecule has 0 aliphatic heterocycles. The molecule has 0 amide bonds. The summed E-state index contributed by atoms with van der Waals surface area (Å²) in [6.07, 6.45) is 0.473. The zero-order valence-corrected chi connectivity index (χ0v) is 8.22. The van der Waals surface area contributed by atoms with Crippen LogP contribution in [-0.2, 0) is 9.53 Å². The van der Waals surface area contributed by atoms with E-state index in [0.29, 0.717) is 25.5 Å². The molecule has 0 aliphatic carbocycles. The first kappa shape index (κ1) is 11.4. The van der Waals surface area contributed by atoms with E-state index in [1.807, 2.05) is 20.8 Å². The average Bonchev–Trinajstić information content (AvgIpc) is 2.01. The second-order valence-corrected chi connectivity index (χ2v) is 3.18. The van der Waals surface area contributed by atoms with Crippen molar-refractivity contribution in [2.75, 3.05) is 19.7 Å². The van der Waals surface area contributed by atoms with Gasteiger partial charge in [-0.25, -0.2) is 0 Å². The summed E-state index contributed by atoms with van der Waals surface area (Å²) >= 11 is 0. The Morgan fingerprint density at radius 1 is 1.50 bits per heavy atom. The van der Waals surface area contributed by atoms with Crippen LogP contribution in [0.2, 0.25) is 0 Å². The van der Waals surface area contributed by atoms with Gasteiger partial charge >= 0.3 is 5.97 Å². The van der Waals surface area contributed by atoms with E-state index in [1.165, 1.54) is 0 Å². The molecule has 0 rings (SSSR count). The van der Waals surface area contributed by atoms with Crippen LogP contribution in [0.5, 0.6) is 0 Å². The molecule has 0 aromatic rings. The predicted molar refractivity (Wildman–Crippen MR) is 49.0 cm³/mol. The van der Waals surface area contributed by atoms with Crippen LogP contribution in [0, 0.1) is 5.92 Å². The lowest BCUT2D eigenvalue weighted by molar-refractivity contribution is -0.144. The van der Waals surface area contributed by atoms with Crippen molar-refractivity contribution in [3.05, 3.63) is 0 Å². The molecular weight excluding hydrogens is 154 g/mol. The Hall–Kier alpha value is -0.570. The Morgan fingerprint density at radius 2 is 2.17 bits per heavy atom. The minimum absolute atomic E-state index is 0.107. The Balaban J connectivity index is 3.22. The van der Waals surface area contributed by atoms with Gasteiger partial charge in [0.15, 0.2) is 0 Å². The average molecular weight is 173 g/mol. The van der Waals surface area contributed by atoms with E-state index < -0.39 is 0 Å².